The van der Waals surface area contributed by atoms with Crippen molar-refractivity contribution in [2.75, 3.05) is 26.3 Å². The molecule has 4 nitrogen and oxygen atoms in total. The van der Waals surface area contributed by atoms with E-state index in [1.54, 1.807) is 0 Å². The molecule has 2 heterocycles. The van der Waals surface area contributed by atoms with Gasteiger partial charge in [-0.3, -0.25) is 4.79 Å². The minimum atomic E-state index is -0.0104. The number of piperazine rings is 1. The summed E-state index contributed by atoms with van der Waals surface area (Å²) in [5.74, 6) is 0.252. The molecular weight excluding hydrogens is 252 g/mol. The summed E-state index contributed by atoms with van der Waals surface area (Å²) >= 11 is 0. The van der Waals surface area contributed by atoms with Gasteiger partial charge in [0.1, 0.15) is 0 Å². The Labute approximate surface area is 120 Å². The van der Waals surface area contributed by atoms with Crippen LogP contribution in [-0.2, 0) is 16.0 Å². The van der Waals surface area contributed by atoms with E-state index in [-0.39, 0.29) is 18.0 Å². The van der Waals surface area contributed by atoms with Gasteiger partial charge in [-0.2, -0.15) is 0 Å². The van der Waals surface area contributed by atoms with Crippen LogP contribution in [0.5, 0.6) is 0 Å². The number of nitrogens with zero attached hydrogens (tertiary/aromatic N) is 1. The molecule has 0 aliphatic carbocycles. The molecule has 1 amide bonds. The first-order chi connectivity index (χ1) is 9.84. The Morgan fingerprint density at radius 1 is 1.30 bits per heavy atom. The number of nitrogens with one attached hydrogen (secondary N) is 1. The Morgan fingerprint density at radius 2 is 2.15 bits per heavy atom. The highest BCUT2D eigenvalue weighted by Crippen LogP contribution is 2.17. The average Bonchev–Trinajstić information content (AvgIpc) is 2.52. The number of ether oxygens (including phenoxy) is 1. The molecule has 2 aliphatic heterocycles. The van der Waals surface area contributed by atoms with Crippen molar-refractivity contribution in [1.82, 2.24) is 10.2 Å². The Hall–Kier alpha value is -1.39. The summed E-state index contributed by atoms with van der Waals surface area (Å²) < 4.78 is 5.77. The van der Waals surface area contributed by atoms with Gasteiger partial charge in [-0.15, -0.1) is 0 Å². The molecule has 2 aliphatic rings. The summed E-state index contributed by atoms with van der Waals surface area (Å²) in [6.07, 6.45) is 2.71. The molecule has 2 bridgehead atoms. The van der Waals surface area contributed by atoms with E-state index >= 15 is 0 Å². The van der Waals surface area contributed by atoms with Crippen LogP contribution in [0.3, 0.4) is 0 Å². The van der Waals surface area contributed by atoms with Gasteiger partial charge in [0.25, 0.3) is 0 Å². The fraction of sp³-hybridized carbons (Fsp3) is 0.562. The van der Waals surface area contributed by atoms with Gasteiger partial charge in [-0.05, 0) is 24.8 Å². The number of fused-ring (bicyclic) bond motifs is 2. The number of amides is 1. The molecule has 2 atom stereocenters. The first-order valence-electron chi connectivity index (χ1n) is 7.50. The van der Waals surface area contributed by atoms with E-state index in [9.17, 15) is 4.79 Å². The number of carbonyl (C=O) groups excluding carboxylic acids is 1. The summed E-state index contributed by atoms with van der Waals surface area (Å²) in [6, 6.07) is 10.5. The highest BCUT2D eigenvalue weighted by Gasteiger charge is 2.33. The topological polar surface area (TPSA) is 41.6 Å². The van der Waals surface area contributed by atoms with Crippen molar-refractivity contribution in [3.05, 3.63) is 35.9 Å². The van der Waals surface area contributed by atoms with E-state index in [4.69, 9.17) is 4.74 Å². The van der Waals surface area contributed by atoms with Crippen molar-refractivity contribution in [3.8, 4) is 0 Å². The van der Waals surface area contributed by atoms with Crippen molar-refractivity contribution in [2.45, 2.75) is 31.3 Å². The Kier molecular flexibility index (Phi) is 4.33. The van der Waals surface area contributed by atoms with E-state index in [1.807, 2.05) is 23.1 Å². The molecular formula is C16H22N2O2. The summed E-state index contributed by atoms with van der Waals surface area (Å²) in [6.45, 7) is 3.08. The molecule has 1 aromatic rings. The smallest absolute Gasteiger partial charge is 0.240 e. The molecule has 108 valence electrons. The number of benzene rings is 1. The number of rotatable bonds is 2. The van der Waals surface area contributed by atoms with E-state index in [1.165, 1.54) is 5.56 Å². The van der Waals surface area contributed by atoms with E-state index < -0.39 is 0 Å². The fourth-order valence-electron chi connectivity index (χ4n) is 3.10. The number of hydrogen-bond acceptors (Lipinski definition) is 3. The lowest BCUT2D eigenvalue weighted by molar-refractivity contribution is -0.139. The normalized spacial score (nSPS) is 27.6. The van der Waals surface area contributed by atoms with Crippen molar-refractivity contribution in [2.24, 2.45) is 0 Å². The van der Waals surface area contributed by atoms with Gasteiger partial charge in [0.05, 0.1) is 18.7 Å². The van der Waals surface area contributed by atoms with Gasteiger partial charge >= 0.3 is 0 Å². The highest BCUT2D eigenvalue weighted by molar-refractivity contribution is 5.83. The zero-order chi connectivity index (χ0) is 13.8. The highest BCUT2D eigenvalue weighted by atomic mass is 16.5. The van der Waals surface area contributed by atoms with Crippen LogP contribution in [-0.4, -0.2) is 49.2 Å². The van der Waals surface area contributed by atoms with Crippen LogP contribution in [0, 0.1) is 0 Å². The lowest BCUT2D eigenvalue weighted by atomic mass is 10.0. The van der Waals surface area contributed by atoms with Crippen LogP contribution in [0.25, 0.3) is 0 Å². The Morgan fingerprint density at radius 3 is 3.00 bits per heavy atom. The van der Waals surface area contributed by atoms with E-state index in [2.05, 4.69) is 17.4 Å². The zero-order valence-electron chi connectivity index (χ0n) is 11.8. The molecule has 1 N–H and O–H groups in total. The standard InChI is InChI=1S/C16H22N2O2/c19-16-15-7-4-10-20-12-14(18(16)9-8-17-15)11-13-5-2-1-3-6-13/h1-3,5-6,14-15,17H,4,7-12H2. The van der Waals surface area contributed by atoms with Gasteiger partial charge in [0.15, 0.2) is 0 Å². The van der Waals surface area contributed by atoms with Crippen LogP contribution in [0.4, 0.5) is 0 Å². The number of carbonyl (C=O) groups is 1. The summed E-state index contributed by atoms with van der Waals surface area (Å²) in [7, 11) is 0. The minimum absolute atomic E-state index is 0.0104. The molecule has 3 rings (SSSR count). The molecule has 0 saturated carbocycles. The summed E-state index contributed by atoms with van der Waals surface area (Å²) in [5, 5.41) is 3.33. The van der Waals surface area contributed by atoms with Crippen LogP contribution < -0.4 is 5.32 Å². The summed E-state index contributed by atoms with van der Waals surface area (Å²) in [4.78, 5) is 14.6. The quantitative estimate of drug-likeness (QED) is 0.881. The molecule has 4 heteroatoms. The van der Waals surface area contributed by atoms with E-state index in [0.29, 0.717) is 6.61 Å². The molecule has 2 fully saturated rings. The Balaban J connectivity index is 1.77. The molecule has 0 spiro atoms. The largest absolute Gasteiger partial charge is 0.379 e. The zero-order valence-corrected chi connectivity index (χ0v) is 11.8. The number of hydrogen-bond donors (Lipinski definition) is 1. The Bertz CT molecular complexity index is 449. The van der Waals surface area contributed by atoms with Crippen LogP contribution >= 0.6 is 0 Å². The lowest BCUT2D eigenvalue weighted by Crippen LogP contribution is -2.58. The van der Waals surface area contributed by atoms with Crippen LogP contribution in [0.15, 0.2) is 30.3 Å². The molecule has 0 radical (unpaired) electrons. The molecule has 1 aromatic carbocycles. The SMILES string of the molecule is O=C1C2CCCOCC(Cc3ccccc3)N1CCN2. The maximum Gasteiger partial charge on any atom is 0.240 e. The van der Waals surface area contributed by atoms with Gasteiger partial charge in [0.2, 0.25) is 5.91 Å². The third kappa shape index (κ3) is 3.02. The van der Waals surface area contributed by atoms with Gasteiger partial charge < -0.3 is 15.0 Å². The van der Waals surface area contributed by atoms with Crippen molar-refractivity contribution >= 4 is 5.91 Å². The molecule has 2 unspecified atom stereocenters. The molecule has 0 aromatic heterocycles. The summed E-state index contributed by atoms with van der Waals surface area (Å²) in [5.41, 5.74) is 1.27. The third-order valence-electron chi connectivity index (χ3n) is 4.17. The average molecular weight is 274 g/mol. The first kappa shape index (κ1) is 13.6. The maximum absolute atomic E-state index is 12.5. The lowest BCUT2D eigenvalue weighted by Gasteiger charge is -2.37. The predicted octanol–water partition coefficient (Wildman–Crippen LogP) is 1.21. The van der Waals surface area contributed by atoms with Crippen molar-refractivity contribution in [1.29, 1.82) is 0 Å². The second-order valence-electron chi connectivity index (χ2n) is 5.60. The van der Waals surface area contributed by atoms with Gasteiger partial charge in [-0.25, -0.2) is 0 Å². The van der Waals surface area contributed by atoms with Crippen molar-refractivity contribution in [3.63, 3.8) is 0 Å². The molecule has 2 saturated heterocycles. The second kappa shape index (κ2) is 6.37. The fourth-order valence-corrected chi connectivity index (χ4v) is 3.10. The van der Waals surface area contributed by atoms with E-state index in [0.717, 1.165) is 39.0 Å². The second-order valence-corrected chi connectivity index (χ2v) is 5.60. The monoisotopic (exact) mass is 274 g/mol. The molecule has 20 heavy (non-hydrogen) atoms. The predicted molar refractivity (Wildman–Crippen MR) is 77.5 cm³/mol. The van der Waals surface area contributed by atoms with Gasteiger partial charge in [0, 0.05) is 19.7 Å². The third-order valence-corrected chi connectivity index (χ3v) is 4.17. The van der Waals surface area contributed by atoms with Crippen molar-refractivity contribution < 1.29 is 9.53 Å². The van der Waals surface area contributed by atoms with Crippen LogP contribution in [0.2, 0.25) is 0 Å². The maximum atomic E-state index is 12.5. The minimum Gasteiger partial charge on any atom is -0.379 e. The van der Waals surface area contributed by atoms with Gasteiger partial charge in [-0.1, -0.05) is 30.3 Å². The first-order valence-corrected chi connectivity index (χ1v) is 7.50. The van der Waals surface area contributed by atoms with Crippen LogP contribution in [0.1, 0.15) is 18.4 Å².